The zero-order valence-electron chi connectivity index (χ0n) is 17.1. The molecule has 160 valence electrons. The van der Waals surface area contributed by atoms with E-state index in [0.29, 0.717) is 0 Å². The summed E-state index contributed by atoms with van der Waals surface area (Å²) in [5.41, 5.74) is 2.18. The van der Waals surface area contributed by atoms with Gasteiger partial charge in [-0.05, 0) is 50.3 Å². The van der Waals surface area contributed by atoms with Crippen LogP contribution in [-0.2, 0) is 26.1 Å². The number of likely N-dealkylation sites (tertiary alicyclic amines) is 1. The molecule has 0 radical (unpaired) electrons. The molecule has 0 spiro atoms. The molecule has 2 aliphatic rings. The van der Waals surface area contributed by atoms with Crippen LogP contribution in [0.3, 0.4) is 0 Å². The van der Waals surface area contributed by atoms with Crippen LogP contribution in [0.15, 0.2) is 36.7 Å². The second-order valence-electron chi connectivity index (χ2n) is 8.42. The zero-order chi connectivity index (χ0) is 20.5. The number of aromatic nitrogens is 3. The highest BCUT2D eigenvalue weighted by molar-refractivity contribution is 5.86. The molecule has 5 rings (SSSR count). The Morgan fingerprint density at radius 2 is 1.97 bits per heavy atom. The minimum atomic E-state index is -2.37. The minimum absolute atomic E-state index is 0.152. The summed E-state index contributed by atoms with van der Waals surface area (Å²) in [6.45, 7) is 3.67. The number of alkyl halides is 2. The fourth-order valence-corrected chi connectivity index (χ4v) is 4.80. The summed E-state index contributed by atoms with van der Waals surface area (Å²) in [5, 5.41) is 0.907. The molecule has 1 saturated heterocycles. The van der Waals surface area contributed by atoms with Gasteiger partial charge in [0.2, 0.25) is 0 Å². The van der Waals surface area contributed by atoms with E-state index in [1.54, 1.807) is 10.8 Å². The molecule has 0 atom stereocenters. The lowest BCUT2D eigenvalue weighted by Gasteiger charge is -2.32. The summed E-state index contributed by atoms with van der Waals surface area (Å²) in [6, 6.07) is 7.58. The summed E-state index contributed by atoms with van der Waals surface area (Å²) in [6.07, 6.45) is 7.14. The van der Waals surface area contributed by atoms with Gasteiger partial charge in [0, 0.05) is 43.1 Å². The Hall–Kier alpha value is -2.41. The molecular weight excluding hydrogens is 386 g/mol. The van der Waals surface area contributed by atoms with Crippen molar-refractivity contribution in [1.82, 2.24) is 19.0 Å². The van der Waals surface area contributed by atoms with Gasteiger partial charge in [-0.15, -0.1) is 0 Å². The molecule has 0 N–H and O–H groups in total. The van der Waals surface area contributed by atoms with Crippen LogP contribution in [0.1, 0.15) is 37.2 Å². The van der Waals surface area contributed by atoms with Crippen molar-refractivity contribution in [2.45, 2.75) is 64.3 Å². The number of fused-ring (bicyclic) bond motifs is 2. The second kappa shape index (κ2) is 8.38. The van der Waals surface area contributed by atoms with E-state index in [1.807, 2.05) is 30.5 Å². The van der Waals surface area contributed by atoms with E-state index in [0.717, 1.165) is 62.1 Å². The topological polar surface area (TPSA) is 35.2 Å². The van der Waals surface area contributed by atoms with Crippen LogP contribution in [0, 0.1) is 0 Å². The van der Waals surface area contributed by atoms with Gasteiger partial charge < -0.3 is 13.9 Å². The molecule has 30 heavy (non-hydrogen) atoms. The lowest BCUT2D eigenvalue weighted by Crippen LogP contribution is -2.38. The molecule has 0 saturated carbocycles. The summed E-state index contributed by atoms with van der Waals surface area (Å²) in [7, 11) is 0. The maximum absolute atomic E-state index is 12.8. The van der Waals surface area contributed by atoms with Gasteiger partial charge >= 0.3 is 0 Å². The average molecular weight is 415 g/mol. The Labute approximate surface area is 175 Å². The first-order valence-corrected chi connectivity index (χ1v) is 11.0. The van der Waals surface area contributed by atoms with Crippen molar-refractivity contribution < 1.29 is 13.5 Å². The highest BCUT2D eigenvalue weighted by atomic mass is 19.3. The predicted molar refractivity (Wildman–Crippen MR) is 112 cm³/mol. The van der Waals surface area contributed by atoms with Crippen LogP contribution in [0.5, 0.6) is 5.75 Å². The summed E-state index contributed by atoms with van der Waals surface area (Å²) >= 11 is 0. The Balaban J connectivity index is 1.20. The SMILES string of the molecule is FC(F)Cn1ccc2c(OC3CCN(Cc4ncc5n4CCCC5)CC3)cccc21. The molecule has 1 aromatic carbocycles. The minimum Gasteiger partial charge on any atom is -0.490 e. The van der Waals surface area contributed by atoms with E-state index in [-0.39, 0.29) is 12.6 Å². The maximum Gasteiger partial charge on any atom is 0.256 e. The third-order valence-electron chi connectivity index (χ3n) is 6.39. The third-order valence-corrected chi connectivity index (χ3v) is 6.39. The van der Waals surface area contributed by atoms with Gasteiger partial charge in [0.05, 0.1) is 18.6 Å². The van der Waals surface area contributed by atoms with Crippen LogP contribution < -0.4 is 4.74 Å². The molecule has 2 aliphatic heterocycles. The fourth-order valence-electron chi connectivity index (χ4n) is 4.80. The lowest BCUT2D eigenvalue weighted by atomic mass is 10.1. The van der Waals surface area contributed by atoms with Gasteiger partial charge in [-0.3, -0.25) is 4.90 Å². The fraction of sp³-hybridized carbons (Fsp3) is 0.522. The third kappa shape index (κ3) is 3.95. The van der Waals surface area contributed by atoms with Crippen molar-refractivity contribution in [3.63, 3.8) is 0 Å². The van der Waals surface area contributed by atoms with Crippen LogP contribution in [0.2, 0.25) is 0 Å². The molecular formula is C23H28F2N4O. The Kier molecular flexibility index (Phi) is 5.46. The molecule has 0 unspecified atom stereocenters. The van der Waals surface area contributed by atoms with Crippen molar-refractivity contribution in [2.75, 3.05) is 13.1 Å². The van der Waals surface area contributed by atoms with Gasteiger partial charge in [-0.1, -0.05) is 6.07 Å². The first-order valence-electron chi connectivity index (χ1n) is 11.0. The first kappa shape index (κ1) is 19.5. The second-order valence-corrected chi connectivity index (χ2v) is 8.42. The molecule has 4 heterocycles. The number of benzene rings is 1. The number of aryl methyl sites for hydroxylation is 1. The highest BCUT2D eigenvalue weighted by Gasteiger charge is 2.23. The van der Waals surface area contributed by atoms with Crippen molar-refractivity contribution in [1.29, 1.82) is 0 Å². The van der Waals surface area contributed by atoms with Gasteiger partial charge in [0.1, 0.15) is 17.7 Å². The van der Waals surface area contributed by atoms with Gasteiger partial charge in [-0.25, -0.2) is 13.8 Å². The van der Waals surface area contributed by atoms with Crippen LogP contribution >= 0.6 is 0 Å². The smallest absolute Gasteiger partial charge is 0.256 e. The monoisotopic (exact) mass is 414 g/mol. The lowest BCUT2D eigenvalue weighted by molar-refractivity contribution is 0.0957. The molecule has 0 aliphatic carbocycles. The molecule has 3 aromatic rings. The highest BCUT2D eigenvalue weighted by Crippen LogP contribution is 2.30. The number of hydrogen-bond donors (Lipinski definition) is 0. The summed E-state index contributed by atoms with van der Waals surface area (Å²) in [4.78, 5) is 7.13. The largest absolute Gasteiger partial charge is 0.490 e. The molecule has 0 amide bonds. The van der Waals surface area contributed by atoms with Crippen molar-refractivity contribution in [2.24, 2.45) is 0 Å². The van der Waals surface area contributed by atoms with E-state index >= 15 is 0 Å². The van der Waals surface area contributed by atoms with Crippen molar-refractivity contribution in [3.8, 4) is 5.75 Å². The van der Waals surface area contributed by atoms with E-state index < -0.39 is 6.43 Å². The van der Waals surface area contributed by atoms with Gasteiger partial charge in [-0.2, -0.15) is 0 Å². The van der Waals surface area contributed by atoms with Crippen LogP contribution in [-0.4, -0.2) is 44.6 Å². The van der Waals surface area contributed by atoms with Crippen LogP contribution in [0.25, 0.3) is 10.9 Å². The number of rotatable bonds is 6. The zero-order valence-corrected chi connectivity index (χ0v) is 17.1. The number of nitrogens with zero attached hydrogens (tertiary/aromatic N) is 4. The molecule has 7 heteroatoms. The van der Waals surface area contributed by atoms with Crippen LogP contribution in [0.4, 0.5) is 8.78 Å². The number of halogens is 2. The summed E-state index contributed by atoms with van der Waals surface area (Å²) in [5.74, 6) is 1.98. The van der Waals surface area contributed by atoms with Crippen molar-refractivity contribution in [3.05, 3.63) is 48.2 Å². The standard InChI is InChI=1S/C23H28F2N4O/c24-22(25)15-28-13-9-19-20(28)5-3-6-21(19)30-18-7-11-27(12-8-18)16-23-26-14-17-4-1-2-10-29(17)23/h3,5-6,9,13-14,18,22H,1-2,4,7-8,10-12,15-16H2. The Bertz CT molecular complexity index is 1000. The van der Waals surface area contributed by atoms with Gasteiger partial charge in [0.15, 0.2) is 0 Å². The van der Waals surface area contributed by atoms with E-state index in [9.17, 15) is 8.78 Å². The normalized spacial score (nSPS) is 18.2. The molecule has 0 bridgehead atoms. The number of ether oxygens (including phenoxy) is 1. The Morgan fingerprint density at radius 3 is 2.80 bits per heavy atom. The van der Waals surface area contributed by atoms with E-state index in [4.69, 9.17) is 4.74 Å². The summed E-state index contributed by atoms with van der Waals surface area (Å²) < 4.78 is 35.9. The predicted octanol–water partition coefficient (Wildman–Crippen LogP) is 4.48. The number of piperidine rings is 1. The van der Waals surface area contributed by atoms with E-state index in [2.05, 4.69) is 14.5 Å². The quantitative estimate of drug-likeness (QED) is 0.597. The molecule has 5 nitrogen and oxygen atoms in total. The van der Waals surface area contributed by atoms with Gasteiger partial charge in [0.25, 0.3) is 6.43 Å². The van der Waals surface area contributed by atoms with E-state index in [1.165, 1.54) is 24.4 Å². The maximum atomic E-state index is 12.8. The number of imidazole rings is 1. The molecule has 2 aromatic heterocycles. The average Bonchev–Trinajstić information content (AvgIpc) is 3.34. The van der Waals surface area contributed by atoms with Crippen molar-refractivity contribution >= 4 is 10.9 Å². The number of hydrogen-bond acceptors (Lipinski definition) is 3. The Morgan fingerprint density at radius 1 is 1.10 bits per heavy atom. The molecule has 1 fully saturated rings. The first-order chi connectivity index (χ1) is 14.7.